The number of hydrogen-bond acceptors (Lipinski definition) is 2. The van der Waals surface area contributed by atoms with E-state index < -0.39 is 17.5 Å². The maximum absolute atomic E-state index is 13.3. The average molecular weight is 259 g/mol. The van der Waals surface area contributed by atoms with Gasteiger partial charge in [-0.15, -0.1) is 0 Å². The molecule has 2 atom stereocenters. The predicted octanol–water partition coefficient (Wildman–Crippen LogP) is 2.95. The molecule has 1 aliphatic rings. The Labute approximate surface area is 105 Å². The van der Waals surface area contributed by atoms with Gasteiger partial charge in [0.1, 0.15) is 5.82 Å². The van der Waals surface area contributed by atoms with Gasteiger partial charge in [-0.25, -0.2) is 4.39 Å². The van der Waals surface area contributed by atoms with E-state index in [4.69, 9.17) is 16.3 Å². The first-order chi connectivity index (χ1) is 8.01. The van der Waals surface area contributed by atoms with E-state index in [1.807, 2.05) is 6.92 Å². The maximum Gasteiger partial charge on any atom is 0.142 e. The Morgan fingerprint density at radius 2 is 2.35 bits per heavy atom. The van der Waals surface area contributed by atoms with Crippen LogP contribution in [0.15, 0.2) is 18.2 Å². The van der Waals surface area contributed by atoms with Crippen molar-refractivity contribution >= 4 is 11.6 Å². The Hall–Kier alpha value is -0.640. The van der Waals surface area contributed by atoms with Crippen molar-refractivity contribution in [2.24, 2.45) is 0 Å². The Balaban J connectivity index is 2.07. The summed E-state index contributed by atoms with van der Waals surface area (Å²) in [5.41, 5.74) is 0.229. The third-order valence-electron chi connectivity index (χ3n) is 3.37. The summed E-state index contributed by atoms with van der Waals surface area (Å²) in [5.74, 6) is -0.450. The number of halogens is 2. The molecule has 0 spiro atoms. The molecular weight excluding hydrogens is 243 g/mol. The molecule has 17 heavy (non-hydrogen) atoms. The van der Waals surface area contributed by atoms with Crippen LogP contribution in [0.3, 0.4) is 0 Å². The second-order valence-corrected chi connectivity index (χ2v) is 5.14. The molecule has 1 heterocycles. The van der Waals surface area contributed by atoms with Crippen LogP contribution in [0, 0.1) is 5.82 Å². The lowest BCUT2D eigenvalue weighted by Crippen LogP contribution is -2.40. The molecule has 4 heteroatoms. The fourth-order valence-corrected chi connectivity index (χ4v) is 2.29. The van der Waals surface area contributed by atoms with E-state index >= 15 is 0 Å². The topological polar surface area (TPSA) is 29.5 Å². The molecule has 94 valence electrons. The lowest BCUT2D eigenvalue weighted by atomic mass is 9.91. The third-order valence-corrected chi connectivity index (χ3v) is 3.67. The molecule has 2 nitrogen and oxygen atoms in total. The molecular formula is C13H16ClFO2. The standard InChI is InChI=1S/C13H16ClFO2/c1-13(5-2-6-17-13)12(16)8-9-3-4-10(14)11(15)7-9/h3-4,7,12,16H,2,5-6,8H2,1H3. The van der Waals surface area contributed by atoms with Gasteiger partial charge in [0.05, 0.1) is 16.7 Å². The second-order valence-electron chi connectivity index (χ2n) is 4.73. The van der Waals surface area contributed by atoms with Gasteiger partial charge >= 0.3 is 0 Å². The molecule has 2 unspecified atom stereocenters. The molecule has 0 saturated carbocycles. The monoisotopic (exact) mass is 258 g/mol. The quantitative estimate of drug-likeness (QED) is 0.903. The highest BCUT2D eigenvalue weighted by atomic mass is 35.5. The van der Waals surface area contributed by atoms with Crippen molar-refractivity contribution in [3.63, 3.8) is 0 Å². The summed E-state index contributed by atoms with van der Waals surface area (Å²) in [5, 5.41) is 10.2. The van der Waals surface area contributed by atoms with Gasteiger partial charge in [-0.3, -0.25) is 0 Å². The highest BCUT2D eigenvalue weighted by Gasteiger charge is 2.37. The van der Waals surface area contributed by atoms with Crippen LogP contribution in [0.25, 0.3) is 0 Å². The number of rotatable bonds is 3. The van der Waals surface area contributed by atoms with Gasteiger partial charge in [0.15, 0.2) is 0 Å². The lowest BCUT2D eigenvalue weighted by Gasteiger charge is -2.29. The van der Waals surface area contributed by atoms with Gasteiger partial charge in [-0.05, 0) is 37.5 Å². The van der Waals surface area contributed by atoms with Crippen LogP contribution in [0.1, 0.15) is 25.3 Å². The normalized spacial score (nSPS) is 26.1. The zero-order chi connectivity index (χ0) is 12.5. The first-order valence-corrected chi connectivity index (χ1v) is 6.15. The minimum absolute atomic E-state index is 0.103. The highest BCUT2D eigenvalue weighted by Crippen LogP contribution is 2.30. The summed E-state index contributed by atoms with van der Waals surface area (Å²) in [6, 6.07) is 4.60. The molecule has 1 aliphatic heterocycles. The molecule has 1 N–H and O–H groups in total. The molecule has 0 amide bonds. The highest BCUT2D eigenvalue weighted by molar-refractivity contribution is 6.30. The first-order valence-electron chi connectivity index (χ1n) is 5.77. The molecule has 1 saturated heterocycles. The molecule has 1 aromatic rings. The van der Waals surface area contributed by atoms with Gasteiger partial charge in [0, 0.05) is 13.0 Å². The van der Waals surface area contributed by atoms with Gasteiger partial charge in [-0.1, -0.05) is 17.7 Å². The molecule has 0 bridgehead atoms. The van der Waals surface area contributed by atoms with Crippen LogP contribution in [-0.4, -0.2) is 23.4 Å². The van der Waals surface area contributed by atoms with E-state index in [2.05, 4.69) is 0 Å². The molecule has 1 fully saturated rings. The molecule has 1 aromatic carbocycles. The number of hydrogen-bond donors (Lipinski definition) is 1. The second kappa shape index (κ2) is 4.92. The third kappa shape index (κ3) is 2.79. The van der Waals surface area contributed by atoms with Crippen molar-refractivity contribution in [1.82, 2.24) is 0 Å². The molecule has 0 radical (unpaired) electrons. The van der Waals surface area contributed by atoms with Gasteiger partial charge < -0.3 is 9.84 Å². The van der Waals surface area contributed by atoms with E-state index in [0.29, 0.717) is 13.0 Å². The van der Waals surface area contributed by atoms with Gasteiger partial charge in [-0.2, -0.15) is 0 Å². The van der Waals surface area contributed by atoms with E-state index in [0.717, 1.165) is 18.4 Å². The Morgan fingerprint density at radius 1 is 1.59 bits per heavy atom. The zero-order valence-corrected chi connectivity index (χ0v) is 10.5. The largest absolute Gasteiger partial charge is 0.390 e. The predicted molar refractivity (Wildman–Crippen MR) is 64.7 cm³/mol. The fraction of sp³-hybridized carbons (Fsp3) is 0.538. The first kappa shape index (κ1) is 12.8. The Morgan fingerprint density at radius 3 is 2.94 bits per heavy atom. The smallest absolute Gasteiger partial charge is 0.142 e. The van der Waals surface area contributed by atoms with Crippen LogP contribution in [-0.2, 0) is 11.2 Å². The van der Waals surface area contributed by atoms with E-state index in [9.17, 15) is 9.50 Å². The van der Waals surface area contributed by atoms with Gasteiger partial charge in [0.2, 0.25) is 0 Å². The summed E-state index contributed by atoms with van der Waals surface area (Å²) in [6.07, 6.45) is 1.56. The van der Waals surface area contributed by atoms with Gasteiger partial charge in [0.25, 0.3) is 0 Å². The number of benzene rings is 1. The zero-order valence-electron chi connectivity index (χ0n) is 9.75. The van der Waals surface area contributed by atoms with Crippen LogP contribution in [0.2, 0.25) is 5.02 Å². The molecule has 0 aliphatic carbocycles. The Bertz CT molecular complexity index is 402. The van der Waals surface area contributed by atoms with Crippen molar-refractivity contribution in [2.45, 2.75) is 37.9 Å². The van der Waals surface area contributed by atoms with E-state index in [1.165, 1.54) is 12.1 Å². The summed E-state index contributed by atoms with van der Waals surface area (Å²) in [7, 11) is 0. The van der Waals surface area contributed by atoms with E-state index in [1.54, 1.807) is 6.07 Å². The van der Waals surface area contributed by atoms with Crippen molar-refractivity contribution in [3.8, 4) is 0 Å². The van der Waals surface area contributed by atoms with Crippen LogP contribution in [0.4, 0.5) is 4.39 Å². The number of ether oxygens (including phenoxy) is 1. The molecule has 2 rings (SSSR count). The summed E-state index contributed by atoms with van der Waals surface area (Å²) < 4.78 is 18.8. The van der Waals surface area contributed by atoms with Crippen LogP contribution in [0.5, 0.6) is 0 Å². The summed E-state index contributed by atoms with van der Waals surface area (Å²) in [4.78, 5) is 0. The maximum atomic E-state index is 13.3. The number of aliphatic hydroxyl groups is 1. The van der Waals surface area contributed by atoms with Crippen molar-refractivity contribution in [2.75, 3.05) is 6.61 Å². The summed E-state index contributed by atoms with van der Waals surface area (Å²) >= 11 is 5.61. The van der Waals surface area contributed by atoms with Crippen LogP contribution >= 0.6 is 11.6 Å². The van der Waals surface area contributed by atoms with Crippen molar-refractivity contribution in [3.05, 3.63) is 34.6 Å². The lowest BCUT2D eigenvalue weighted by molar-refractivity contribution is -0.0768. The summed E-state index contributed by atoms with van der Waals surface area (Å²) in [6.45, 7) is 2.58. The number of aliphatic hydroxyl groups excluding tert-OH is 1. The van der Waals surface area contributed by atoms with Crippen molar-refractivity contribution < 1.29 is 14.2 Å². The van der Waals surface area contributed by atoms with Crippen LogP contribution < -0.4 is 0 Å². The minimum atomic E-state index is -0.620. The van der Waals surface area contributed by atoms with Crippen molar-refractivity contribution in [1.29, 1.82) is 0 Å². The SMILES string of the molecule is CC1(C(O)Cc2ccc(Cl)c(F)c2)CCCO1. The fourth-order valence-electron chi connectivity index (χ4n) is 2.17. The average Bonchev–Trinajstić information content (AvgIpc) is 2.72. The molecule has 0 aromatic heterocycles. The Kier molecular flexibility index (Phi) is 3.71. The minimum Gasteiger partial charge on any atom is -0.390 e. The van der Waals surface area contributed by atoms with E-state index in [-0.39, 0.29) is 5.02 Å².